The van der Waals surface area contributed by atoms with E-state index >= 15 is 0 Å². The number of carbonyl (C=O) groups is 2. The van der Waals surface area contributed by atoms with Gasteiger partial charge in [-0.05, 0) is 97.3 Å². The van der Waals surface area contributed by atoms with Gasteiger partial charge < -0.3 is 9.47 Å². The highest BCUT2D eigenvalue weighted by Crippen LogP contribution is 2.36. The van der Waals surface area contributed by atoms with E-state index in [1.165, 1.54) is 10.8 Å². The van der Waals surface area contributed by atoms with Crippen molar-refractivity contribution in [2.24, 2.45) is 11.8 Å². The van der Waals surface area contributed by atoms with E-state index in [2.05, 4.69) is 30.3 Å². The zero-order valence-electron chi connectivity index (χ0n) is 20.5. The molecule has 0 bridgehead atoms. The maximum Gasteiger partial charge on any atom is 0.309 e. The van der Waals surface area contributed by atoms with Gasteiger partial charge >= 0.3 is 11.9 Å². The van der Waals surface area contributed by atoms with Gasteiger partial charge in [0.2, 0.25) is 0 Å². The molecular formula is C29H34O4S. The number of fused-ring (bicyclic) bond motifs is 2. The molecule has 3 aromatic rings. The van der Waals surface area contributed by atoms with Gasteiger partial charge in [-0.1, -0.05) is 38.1 Å². The molecule has 1 aliphatic carbocycles. The van der Waals surface area contributed by atoms with Crippen molar-refractivity contribution in [2.45, 2.75) is 76.4 Å². The second-order valence-electron chi connectivity index (χ2n) is 10.1. The molecular weight excluding hydrogens is 444 g/mol. The summed E-state index contributed by atoms with van der Waals surface area (Å²) in [5.41, 5.74) is 0.138. The molecule has 0 amide bonds. The molecule has 0 N–H and O–H groups in total. The third-order valence-corrected chi connectivity index (χ3v) is 7.52. The Hall–Kier alpha value is -2.53. The van der Waals surface area contributed by atoms with Crippen molar-refractivity contribution in [2.75, 3.05) is 0 Å². The first-order valence-corrected chi connectivity index (χ1v) is 12.7. The monoisotopic (exact) mass is 478 g/mol. The van der Waals surface area contributed by atoms with Gasteiger partial charge in [-0.2, -0.15) is 0 Å². The van der Waals surface area contributed by atoms with Crippen molar-refractivity contribution in [3.8, 4) is 0 Å². The number of carbonyl (C=O) groups excluding carboxylic acids is 2. The van der Waals surface area contributed by atoms with Gasteiger partial charge in [-0.3, -0.25) is 9.59 Å². The maximum absolute atomic E-state index is 13.0. The predicted octanol–water partition coefficient (Wildman–Crippen LogP) is 7.21. The average Bonchev–Trinajstić information content (AvgIpc) is 2.82. The Morgan fingerprint density at radius 3 is 2.29 bits per heavy atom. The number of rotatable bonds is 6. The van der Waals surface area contributed by atoms with E-state index in [4.69, 9.17) is 22.1 Å². The fourth-order valence-electron chi connectivity index (χ4n) is 4.64. The van der Waals surface area contributed by atoms with Gasteiger partial charge in [0.05, 0.1) is 11.8 Å². The van der Waals surface area contributed by atoms with E-state index in [-0.39, 0.29) is 29.9 Å². The molecule has 0 heterocycles. The summed E-state index contributed by atoms with van der Waals surface area (Å²) in [4.78, 5) is 26.0. The molecule has 5 heteroatoms. The lowest BCUT2D eigenvalue weighted by Crippen LogP contribution is -2.34. The summed E-state index contributed by atoms with van der Waals surface area (Å²) in [7, 11) is 0. The molecule has 0 spiro atoms. The quantitative estimate of drug-likeness (QED) is 0.231. The van der Waals surface area contributed by atoms with Crippen molar-refractivity contribution in [3.05, 3.63) is 54.1 Å². The minimum absolute atomic E-state index is 0.0832. The largest absolute Gasteiger partial charge is 0.462 e. The van der Waals surface area contributed by atoms with Gasteiger partial charge in [0.1, 0.15) is 11.7 Å². The number of esters is 2. The molecule has 1 aliphatic rings. The maximum atomic E-state index is 13.0. The molecule has 3 aromatic carbocycles. The smallest absolute Gasteiger partial charge is 0.309 e. The summed E-state index contributed by atoms with van der Waals surface area (Å²) in [6.07, 6.45) is 3.43. The third kappa shape index (κ3) is 5.25. The average molecular weight is 479 g/mol. The van der Waals surface area contributed by atoms with Crippen LogP contribution < -0.4 is 0 Å². The van der Waals surface area contributed by atoms with Crippen LogP contribution in [0.3, 0.4) is 0 Å². The Morgan fingerprint density at radius 1 is 1.00 bits per heavy atom. The summed E-state index contributed by atoms with van der Waals surface area (Å²) in [6, 6.07) is 16.7. The summed E-state index contributed by atoms with van der Waals surface area (Å²) in [6.45, 7) is 7.73. The summed E-state index contributed by atoms with van der Waals surface area (Å²) < 4.78 is 11.7. The van der Waals surface area contributed by atoms with E-state index in [0.29, 0.717) is 25.7 Å². The van der Waals surface area contributed by atoms with E-state index in [1.54, 1.807) is 0 Å². The number of benzene rings is 3. The van der Waals surface area contributed by atoms with Crippen molar-refractivity contribution in [1.29, 1.82) is 0 Å². The Morgan fingerprint density at radius 2 is 1.65 bits per heavy atom. The van der Waals surface area contributed by atoms with Crippen LogP contribution in [0.25, 0.3) is 21.5 Å². The fourth-order valence-corrected chi connectivity index (χ4v) is 4.97. The van der Waals surface area contributed by atoms with Gasteiger partial charge in [-0.15, -0.1) is 12.6 Å². The van der Waals surface area contributed by atoms with Crippen LogP contribution in [0.15, 0.2) is 53.4 Å². The third-order valence-electron chi connectivity index (χ3n) is 7.15. The first-order valence-electron chi connectivity index (χ1n) is 12.3. The van der Waals surface area contributed by atoms with Crippen molar-refractivity contribution >= 4 is 46.1 Å². The normalized spacial score (nSPS) is 19.7. The first-order chi connectivity index (χ1) is 16.2. The van der Waals surface area contributed by atoms with E-state index in [1.807, 2.05) is 45.9 Å². The second-order valence-corrected chi connectivity index (χ2v) is 10.5. The number of hydrogen-bond acceptors (Lipinski definition) is 5. The molecule has 0 saturated heterocycles. The molecule has 1 unspecified atom stereocenters. The predicted molar refractivity (Wildman–Crippen MR) is 139 cm³/mol. The minimum Gasteiger partial charge on any atom is -0.462 e. The highest BCUT2D eigenvalue weighted by atomic mass is 32.1. The van der Waals surface area contributed by atoms with E-state index in [0.717, 1.165) is 27.7 Å². The molecule has 34 heavy (non-hydrogen) atoms. The number of ether oxygens (including phenoxy) is 2. The highest BCUT2D eigenvalue weighted by molar-refractivity contribution is 7.80. The van der Waals surface area contributed by atoms with Crippen LogP contribution in [0.5, 0.6) is 0 Å². The fraction of sp³-hybridized carbons (Fsp3) is 0.448. The summed E-state index contributed by atoms with van der Waals surface area (Å²) in [5.74, 6) is -0.574. The van der Waals surface area contributed by atoms with Crippen molar-refractivity contribution in [1.82, 2.24) is 0 Å². The molecule has 180 valence electrons. The Bertz CT molecular complexity index is 1210. The lowest BCUT2D eigenvalue weighted by molar-refractivity contribution is -0.166. The standard InChI is InChI=1S/C29H34O4S/c1-5-18(2)27(30)32-24-12-10-19(11-13-24)28(31)33-29(3,4)23-15-22-14-20-8-6-7-9-21(20)16-25(22)26(34)17-23/h6-9,14-19,24,34H,5,10-13H2,1-4H3. The summed E-state index contributed by atoms with van der Waals surface area (Å²) >= 11 is 4.75. The Kier molecular flexibility index (Phi) is 7.22. The molecule has 1 atom stereocenters. The molecule has 4 nitrogen and oxygen atoms in total. The van der Waals surface area contributed by atoms with Crippen LogP contribution in [0, 0.1) is 11.8 Å². The number of hydrogen-bond donors (Lipinski definition) is 1. The molecule has 0 aliphatic heterocycles. The zero-order chi connectivity index (χ0) is 24.5. The molecule has 0 radical (unpaired) electrons. The molecule has 0 aromatic heterocycles. The van der Waals surface area contributed by atoms with Crippen LogP contribution >= 0.6 is 12.6 Å². The van der Waals surface area contributed by atoms with Crippen molar-refractivity contribution < 1.29 is 19.1 Å². The van der Waals surface area contributed by atoms with Crippen LogP contribution in [-0.4, -0.2) is 18.0 Å². The first kappa shape index (κ1) is 24.6. The van der Waals surface area contributed by atoms with Gasteiger partial charge in [0.25, 0.3) is 0 Å². The minimum atomic E-state index is -0.783. The summed E-state index contributed by atoms with van der Waals surface area (Å²) in [5, 5.41) is 4.50. The van der Waals surface area contributed by atoms with Gasteiger partial charge in [0.15, 0.2) is 0 Å². The number of thiol groups is 1. The highest BCUT2D eigenvalue weighted by Gasteiger charge is 2.34. The van der Waals surface area contributed by atoms with Crippen LogP contribution in [0.2, 0.25) is 0 Å². The SMILES string of the molecule is CCC(C)C(=O)OC1CCC(C(=O)OC(C)(C)c2cc(S)c3cc4ccccc4cc3c2)CC1. The Balaban J connectivity index is 1.45. The van der Waals surface area contributed by atoms with Crippen molar-refractivity contribution in [3.63, 3.8) is 0 Å². The van der Waals surface area contributed by atoms with Crippen LogP contribution in [0.4, 0.5) is 0 Å². The molecule has 1 fully saturated rings. The van der Waals surface area contributed by atoms with Gasteiger partial charge in [0, 0.05) is 4.90 Å². The lowest BCUT2D eigenvalue weighted by Gasteiger charge is -2.32. The molecule has 1 saturated carbocycles. The Labute approximate surface area is 207 Å². The second kappa shape index (κ2) is 9.99. The van der Waals surface area contributed by atoms with Crippen LogP contribution in [-0.2, 0) is 24.7 Å². The van der Waals surface area contributed by atoms with E-state index in [9.17, 15) is 9.59 Å². The topological polar surface area (TPSA) is 52.6 Å². The molecule has 4 rings (SSSR count). The zero-order valence-corrected chi connectivity index (χ0v) is 21.4. The van der Waals surface area contributed by atoms with Gasteiger partial charge in [-0.25, -0.2) is 0 Å². The van der Waals surface area contributed by atoms with Crippen LogP contribution in [0.1, 0.15) is 65.4 Å². The lowest BCUT2D eigenvalue weighted by atomic mass is 9.87. The van der Waals surface area contributed by atoms with E-state index < -0.39 is 5.60 Å².